The highest BCUT2D eigenvalue weighted by molar-refractivity contribution is 14.1. The van der Waals surface area contributed by atoms with Gasteiger partial charge in [0.1, 0.15) is 5.75 Å². The van der Waals surface area contributed by atoms with Gasteiger partial charge in [-0.3, -0.25) is 0 Å². The SMILES string of the molecule is C=Cc1ccc(OCC)c(I)c1. The van der Waals surface area contributed by atoms with E-state index in [0.29, 0.717) is 6.61 Å². The van der Waals surface area contributed by atoms with Gasteiger partial charge in [0.05, 0.1) is 10.2 Å². The number of rotatable bonds is 3. The van der Waals surface area contributed by atoms with Gasteiger partial charge in [-0.2, -0.15) is 0 Å². The Morgan fingerprint density at radius 2 is 2.33 bits per heavy atom. The van der Waals surface area contributed by atoms with Crippen molar-refractivity contribution in [1.82, 2.24) is 0 Å². The molecule has 1 aromatic carbocycles. The van der Waals surface area contributed by atoms with Crippen LogP contribution < -0.4 is 4.74 Å². The van der Waals surface area contributed by atoms with E-state index in [4.69, 9.17) is 4.74 Å². The van der Waals surface area contributed by atoms with E-state index in [9.17, 15) is 0 Å². The van der Waals surface area contributed by atoms with Gasteiger partial charge in [0.2, 0.25) is 0 Å². The summed E-state index contributed by atoms with van der Waals surface area (Å²) >= 11 is 2.26. The molecule has 0 heterocycles. The first-order valence-electron chi connectivity index (χ1n) is 3.82. The molecule has 0 amide bonds. The van der Waals surface area contributed by atoms with Crippen LogP contribution in [-0.4, -0.2) is 6.61 Å². The number of hydrogen-bond donors (Lipinski definition) is 0. The fraction of sp³-hybridized carbons (Fsp3) is 0.200. The van der Waals surface area contributed by atoms with Crippen LogP contribution in [0.5, 0.6) is 5.75 Å². The third-order valence-corrected chi connectivity index (χ3v) is 2.33. The third kappa shape index (κ3) is 2.24. The van der Waals surface area contributed by atoms with Crippen molar-refractivity contribution in [2.75, 3.05) is 6.61 Å². The Kier molecular flexibility index (Phi) is 3.59. The van der Waals surface area contributed by atoms with Crippen LogP contribution in [0.3, 0.4) is 0 Å². The summed E-state index contributed by atoms with van der Waals surface area (Å²) in [5, 5.41) is 0. The first-order valence-corrected chi connectivity index (χ1v) is 4.90. The smallest absolute Gasteiger partial charge is 0.132 e. The average Bonchev–Trinajstić information content (AvgIpc) is 2.09. The standard InChI is InChI=1S/C10H11IO/c1-3-8-5-6-10(12-4-2)9(11)7-8/h3,5-7H,1,4H2,2H3. The highest BCUT2D eigenvalue weighted by Crippen LogP contribution is 2.22. The summed E-state index contributed by atoms with van der Waals surface area (Å²) in [6.07, 6.45) is 1.83. The summed E-state index contributed by atoms with van der Waals surface area (Å²) in [5.74, 6) is 0.948. The molecule has 0 atom stereocenters. The van der Waals surface area contributed by atoms with Crippen molar-refractivity contribution in [3.05, 3.63) is 33.9 Å². The van der Waals surface area contributed by atoms with Crippen LogP contribution in [0.15, 0.2) is 24.8 Å². The second-order valence-electron chi connectivity index (χ2n) is 2.33. The summed E-state index contributed by atoms with van der Waals surface area (Å²) in [6, 6.07) is 6.03. The van der Waals surface area contributed by atoms with Gasteiger partial charge in [-0.1, -0.05) is 18.7 Å². The zero-order chi connectivity index (χ0) is 8.97. The molecule has 0 fully saturated rings. The largest absolute Gasteiger partial charge is 0.493 e. The Morgan fingerprint density at radius 3 is 2.83 bits per heavy atom. The van der Waals surface area contributed by atoms with Gasteiger partial charge >= 0.3 is 0 Å². The maximum Gasteiger partial charge on any atom is 0.132 e. The monoisotopic (exact) mass is 274 g/mol. The van der Waals surface area contributed by atoms with Crippen LogP contribution in [0.4, 0.5) is 0 Å². The van der Waals surface area contributed by atoms with Crippen LogP contribution in [0, 0.1) is 3.57 Å². The molecule has 0 N–H and O–H groups in total. The molecule has 2 heteroatoms. The highest BCUT2D eigenvalue weighted by atomic mass is 127. The van der Waals surface area contributed by atoms with Crippen molar-refractivity contribution < 1.29 is 4.74 Å². The van der Waals surface area contributed by atoms with E-state index in [-0.39, 0.29) is 0 Å². The average molecular weight is 274 g/mol. The molecule has 12 heavy (non-hydrogen) atoms. The molecule has 0 spiro atoms. The molecule has 0 aliphatic rings. The molecule has 0 radical (unpaired) electrons. The van der Waals surface area contributed by atoms with E-state index in [0.717, 1.165) is 14.9 Å². The second-order valence-corrected chi connectivity index (χ2v) is 3.49. The number of benzene rings is 1. The van der Waals surface area contributed by atoms with Crippen molar-refractivity contribution in [1.29, 1.82) is 0 Å². The van der Waals surface area contributed by atoms with Crippen molar-refractivity contribution in [3.63, 3.8) is 0 Å². The minimum absolute atomic E-state index is 0.712. The molecular weight excluding hydrogens is 263 g/mol. The third-order valence-electron chi connectivity index (χ3n) is 1.49. The van der Waals surface area contributed by atoms with Crippen molar-refractivity contribution in [2.45, 2.75) is 6.92 Å². The van der Waals surface area contributed by atoms with Gasteiger partial charge in [0, 0.05) is 0 Å². The Morgan fingerprint density at radius 1 is 1.58 bits per heavy atom. The maximum atomic E-state index is 5.39. The normalized spacial score (nSPS) is 9.50. The zero-order valence-corrected chi connectivity index (χ0v) is 9.17. The van der Waals surface area contributed by atoms with E-state index < -0.39 is 0 Å². The summed E-state index contributed by atoms with van der Waals surface area (Å²) in [5.41, 5.74) is 1.13. The van der Waals surface area contributed by atoms with Crippen molar-refractivity contribution in [3.8, 4) is 5.75 Å². The molecule has 0 aliphatic heterocycles. The molecular formula is C10H11IO. The lowest BCUT2D eigenvalue weighted by atomic mass is 10.2. The van der Waals surface area contributed by atoms with Crippen molar-refractivity contribution in [2.24, 2.45) is 0 Å². The van der Waals surface area contributed by atoms with Crippen LogP contribution in [0.2, 0.25) is 0 Å². The minimum Gasteiger partial charge on any atom is -0.493 e. The summed E-state index contributed by atoms with van der Waals surface area (Å²) in [7, 11) is 0. The lowest BCUT2D eigenvalue weighted by Crippen LogP contribution is -1.93. The van der Waals surface area contributed by atoms with E-state index in [2.05, 4.69) is 35.2 Å². The molecule has 0 saturated heterocycles. The highest BCUT2D eigenvalue weighted by Gasteiger charge is 1.98. The molecule has 1 nitrogen and oxygen atoms in total. The number of halogens is 1. The van der Waals surface area contributed by atoms with E-state index in [1.54, 1.807) is 0 Å². The van der Waals surface area contributed by atoms with Crippen LogP contribution >= 0.6 is 22.6 Å². The van der Waals surface area contributed by atoms with Gasteiger partial charge in [0.15, 0.2) is 0 Å². The van der Waals surface area contributed by atoms with Crippen LogP contribution in [-0.2, 0) is 0 Å². The van der Waals surface area contributed by atoms with E-state index >= 15 is 0 Å². The number of ether oxygens (including phenoxy) is 1. The lowest BCUT2D eigenvalue weighted by molar-refractivity contribution is 0.338. The van der Waals surface area contributed by atoms with Crippen molar-refractivity contribution >= 4 is 28.7 Å². The van der Waals surface area contributed by atoms with Gasteiger partial charge < -0.3 is 4.74 Å². The topological polar surface area (TPSA) is 9.23 Å². The first-order chi connectivity index (χ1) is 5.77. The second kappa shape index (κ2) is 4.50. The molecule has 0 bridgehead atoms. The van der Waals surface area contributed by atoms with Gasteiger partial charge in [0.25, 0.3) is 0 Å². The molecule has 0 saturated carbocycles. The van der Waals surface area contributed by atoms with Crippen LogP contribution in [0.1, 0.15) is 12.5 Å². The fourth-order valence-corrected chi connectivity index (χ4v) is 1.61. The number of hydrogen-bond acceptors (Lipinski definition) is 1. The van der Waals surface area contributed by atoms with Gasteiger partial charge in [-0.25, -0.2) is 0 Å². The zero-order valence-electron chi connectivity index (χ0n) is 7.01. The summed E-state index contributed by atoms with van der Waals surface area (Å²) in [6.45, 7) is 6.40. The predicted molar refractivity (Wildman–Crippen MR) is 60.4 cm³/mol. The van der Waals surface area contributed by atoms with Crippen LogP contribution in [0.25, 0.3) is 6.08 Å². The molecule has 0 aliphatic carbocycles. The molecule has 0 unspecified atom stereocenters. The maximum absolute atomic E-state index is 5.39. The minimum atomic E-state index is 0.712. The summed E-state index contributed by atoms with van der Waals surface area (Å²) < 4.78 is 6.53. The van der Waals surface area contributed by atoms with Gasteiger partial charge in [-0.15, -0.1) is 0 Å². The predicted octanol–water partition coefficient (Wildman–Crippen LogP) is 3.33. The molecule has 64 valence electrons. The first kappa shape index (κ1) is 9.58. The van der Waals surface area contributed by atoms with E-state index in [1.807, 2.05) is 25.1 Å². The molecule has 1 aromatic rings. The van der Waals surface area contributed by atoms with E-state index in [1.165, 1.54) is 0 Å². The lowest BCUT2D eigenvalue weighted by Gasteiger charge is -2.05. The Balaban J connectivity index is 2.94. The Bertz CT molecular complexity index is 281. The Hall–Kier alpha value is -0.510. The molecule has 1 rings (SSSR count). The van der Waals surface area contributed by atoms with Gasteiger partial charge in [-0.05, 0) is 47.2 Å². The quantitative estimate of drug-likeness (QED) is 0.768. The molecule has 0 aromatic heterocycles. The summed E-state index contributed by atoms with van der Waals surface area (Å²) in [4.78, 5) is 0. The fourth-order valence-electron chi connectivity index (χ4n) is 0.917. The Labute approximate surface area is 86.6 Å².